The first-order valence-electron chi connectivity index (χ1n) is 12.6. The lowest BCUT2D eigenvalue weighted by molar-refractivity contribution is -0.230. The predicted molar refractivity (Wildman–Crippen MR) is 128 cm³/mol. The van der Waals surface area contributed by atoms with Gasteiger partial charge in [-0.05, 0) is 30.4 Å². The zero-order valence-corrected chi connectivity index (χ0v) is 20.1. The Bertz CT molecular complexity index is 842. The van der Waals surface area contributed by atoms with Crippen LogP contribution in [0.4, 0.5) is 0 Å². The summed E-state index contributed by atoms with van der Waals surface area (Å²) in [6.07, 6.45) is 15.1. The number of aromatic nitrogens is 2. The number of nitrogens with zero attached hydrogens (tertiary/aromatic N) is 2. The average molecular weight is 455 g/mol. The molecule has 6 heteroatoms. The molecule has 6 nitrogen and oxygen atoms in total. The Labute approximate surface area is 198 Å². The fourth-order valence-corrected chi connectivity index (χ4v) is 4.96. The molecule has 180 valence electrons. The van der Waals surface area contributed by atoms with Gasteiger partial charge in [-0.3, -0.25) is 0 Å². The summed E-state index contributed by atoms with van der Waals surface area (Å²) < 4.78 is 23.5. The van der Waals surface area contributed by atoms with Crippen LogP contribution in [0.1, 0.15) is 82.6 Å². The van der Waals surface area contributed by atoms with Gasteiger partial charge in [-0.1, -0.05) is 69.7 Å². The third-order valence-corrected chi connectivity index (χ3v) is 6.86. The summed E-state index contributed by atoms with van der Waals surface area (Å²) in [4.78, 5) is 8.81. The normalized spacial score (nSPS) is 24.9. The van der Waals surface area contributed by atoms with E-state index in [4.69, 9.17) is 18.9 Å². The number of benzene rings is 1. The summed E-state index contributed by atoms with van der Waals surface area (Å²) in [5.74, 6) is -0.340. The van der Waals surface area contributed by atoms with Crippen molar-refractivity contribution in [3.63, 3.8) is 0 Å². The summed E-state index contributed by atoms with van der Waals surface area (Å²) in [5, 5.41) is 0. The monoisotopic (exact) mass is 454 g/mol. The summed E-state index contributed by atoms with van der Waals surface area (Å²) in [6.45, 7) is 3.41. The maximum atomic E-state index is 6.22. The minimum absolute atomic E-state index is 0.217. The van der Waals surface area contributed by atoms with Crippen LogP contribution in [0, 0.1) is 0 Å². The molecule has 1 aliphatic heterocycles. The van der Waals surface area contributed by atoms with Crippen molar-refractivity contribution in [2.45, 2.75) is 89.1 Å². The van der Waals surface area contributed by atoms with Crippen molar-refractivity contribution in [3.05, 3.63) is 42.2 Å². The lowest BCUT2D eigenvalue weighted by Gasteiger charge is -2.39. The zero-order chi connectivity index (χ0) is 22.9. The molecular formula is C27H38N2O4. The maximum absolute atomic E-state index is 6.22. The topological polar surface area (TPSA) is 62.7 Å². The second-order valence-corrected chi connectivity index (χ2v) is 9.20. The molecule has 1 aromatic heterocycles. The molecule has 0 bridgehead atoms. The molecular weight excluding hydrogens is 416 g/mol. The first kappa shape index (κ1) is 24.1. The third kappa shape index (κ3) is 6.11. The third-order valence-electron chi connectivity index (χ3n) is 6.86. The highest BCUT2D eigenvalue weighted by molar-refractivity contribution is 5.62. The van der Waals surface area contributed by atoms with Crippen molar-refractivity contribution in [1.82, 2.24) is 9.97 Å². The molecule has 0 N–H and O–H groups in total. The molecule has 4 rings (SSSR count). The highest BCUT2D eigenvalue weighted by Crippen LogP contribution is 2.47. The Kier molecular flexibility index (Phi) is 8.70. The first-order valence-corrected chi connectivity index (χ1v) is 12.6. The van der Waals surface area contributed by atoms with Gasteiger partial charge in [-0.2, -0.15) is 0 Å². The number of ether oxygens (including phenoxy) is 4. The number of unbranched alkanes of at least 4 members (excludes halogenated alkanes) is 5. The number of methoxy groups -OCH3 is 1. The van der Waals surface area contributed by atoms with E-state index in [1.807, 2.05) is 12.4 Å². The molecule has 3 atom stereocenters. The Morgan fingerprint density at radius 2 is 1.73 bits per heavy atom. The lowest BCUT2D eigenvalue weighted by Crippen LogP contribution is -2.41. The zero-order valence-electron chi connectivity index (χ0n) is 20.1. The molecule has 2 unspecified atom stereocenters. The van der Waals surface area contributed by atoms with Gasteiger partial charge in [0.2, 0.25) is 0 Å². The number of hydrogen-bond acceptors (Lipinski definition) is 6. The molecule has 2 heterocycles. The Hall–Kier alpha value is -2.02. The van der Waals surface area contributed by atoms with Crippen LogP contribution in [0.25, 0.3) is 11.1 Å². The summed E-state index contributed by atoms with van der Waals surface area (Å²) in [6, 6.07) is 9.09. The highest BCUT2D eigenvalue weighted by Gasteiger charge is 2.49. The molecule has 1 saturated carbocycles. The number of rotatable bonds is 11. The van der Waals surface area contributed by atoms with E-state index in [1.165, 1.54) is 44.1 Å². The lowest BCUT2D eigenvalue weighted by atomic mass is 9.78. The molecule has 2 fully saturated rings. The quantitative estimate of drug-likeness (QED) is 0.374. The average Bonchev–Trinajstić information content (AvgIpc) is 3.27. The van der Waals surface area contributed by atoms with E-state index in [9.17, 15) is 0 Å². The van der Waals surface area contributed by atoms with Crippen LogP contribution in [0.2, 0.25) is 0 Å². The van der Waals surface area contributed by atoms with Crippen LogP contribution < -0.4 is 4.74 Å². The molecule has 1 aliphatic carbocycles. The van der Waals surface area contributed by atoms with E-state index in [1.54, 1.807) is 7.11 Å². The first-order chi connectivity index (χ1) is 16.2. The van der Waals surface area contributed by atoms with Crippen molar-refractivity contribution < 1.29 is 18.9 Å². The molecule has 1 spiro atoms. The molecule has 0 amide bonds. The molecule has 0 radical (unpaired) electrons. The molecule has 2 aromatic rings. The predicted octanol–water partition coefficient (Wildman–Crippen LogP) is 6.26. The largest absolute Gasteiger partial charge is 0.463 e. The van der Waals surface area contributed by atoms with Crippen LogP contribution in [0.3, 0.4) is 0 Å². The van der Waals surface area contributed by atoms with E-state index in [0.29, 0.717) is 19.2 Å². The van der Waals surface area contributed by atoms with E-state index in [-0.39, 0.29) is 12.2 Å². The van der Waals surface area contributed by atoms with Gasteiger partial charge < -0.3 is 18.9 Å². The molecule has 1 aromatic carbocycles. The molecule has 33 heavy (non-hydrogen) atoms. The molecule has 2 aliphatic rings. The maximum Gasteiger partial charge on any atom is 0.316 e. The highest BCUT2D eigenvalue weighted by atomic mass is 16.8. The van der Waals surface area contributed by atoms with Crippen molar-refractivity contribution in [2.75, 3.05) is 20.3 Å². The van der Waals surface area contributed by atoms with Crippen molar-refractivity contribution >= 4 is 0 Å². The Balaban J connectivity index is 1.32. The second kappa shape index (κ2) is 11.9. The molecule has 1 saturated heterocycles. The second-order valence-electron chi connectivity index (χ2n) is 9.20. The van der Waals surface area contributed by atoms with Gasteiger partial charge >= 0.3 is 6.01 Å². The van der Waals surface area contributed by atoms with Gasteiger partial charge in [0.15, 0.2) is 12.1 Å². The minimum atomic E-state index is -0.557. The Morgan fingerprint density at radius 1 is 0.970 bits per heavy atom. The van der Waals surface area contributed by atoms with Gasteiger partial charge in [0.1, 0.15) is 6.61 Å². The van der Waals surface area contributed by atoms with Crippen molar-refractivity contribution in [1.29, 1.82) is 0 Å². The van der Waals surface area contributed by atoms with Crippen LogP contribution in [0.5, 0.6) is 6.01 Å². The van der Waals surface area contributed by atoms with Gasteiger partial charge in [-0.15, -0.1) is 0 Å². The fraction of sp³-hybridized carbons (Fsp3) is 0.630. The summed E-state index contributed by atoms with van der Waals surface area (Å²) >= 11 is 0. The van der Waals surface area contributed by atoms with Crippen LogP contribution >= 0.6 is 0 Å². The SMILES string of the molecule is CCCCCCCCOc1ncc(-c2ccc(C3CCCC[C@@]34OCC(OC)O4)cc2)cn1. The smallest absolute Gasteiger partial charge is 0.316 e. The van der Waals surface area contributed by atoms with Crippen LogP contribution in [-0.4, -0.2) is 42.4 Å². The van der Waals surface area contributed by atoms with Crippen molar-refractivity contribution in [3.8, 4) is 17.1 Å². The van der Waals surface area contributed by atoms with Gasteiger partial charge in [0.25, 0.3) is 0 Å². The Morgan fingerprint density at radius 3 is 2.45 bits per heavy atom. The van der Waals surface area contributed by atoms with Gasteiger partial charge in [0.05, 0.1) is 6.61 Å². The fourth-order valence-electron chi connectivity index (χ4n) is 4.96. The van der Waals surface area contributed by atoms with E-state index < -0.39 is 5.79 Å². The standard InChI is InChI=1S/C27H38N2O4/c1-3-4-5-6-7-10-17-31-26-28-18-23(19-29-26)21-12-14-22(15-13-21)24-11-8-9-16-27(24)32-20-25(30-2)33-27/h12-15,18-19,24-25H,3-11,16-17,20H2,1-2H3/t24?,25?,27-/m0/s1. The van der Waals surface area contributed by atoms with Crippen LogP contribution in [-0.2, 0) is 14.2 Å². The number of hydrogen-bond donors (Lipinski definition) is 0. The van der Waals surface area contributed by atoms with E-state index in [2.05, 4.69) is 41.2 Å². The minimum Gasteiger partial charge on any atom is -0.463 e. The van der Waals surface area contributed by atoms with Gasteiger partial charge in [-0.25, -0.2) is 9.97 Å². The van der Waals surface area contributed by atoms with Gasteiger partial charge in [0, 0.05) is 37.4 Å². The van der Waals surface area contributed by atoms with E-state index in [0.717, 1.165) is 36.8 Å². The summed E-state index contributed by atoms with van der Waals surface area (Å²) in [7, 11) is 1.67. The summed E-state index contributed by atoms with van der Waals surface area (Å²) in [5.41, 5.74) is 3.32. The van der Waals surface area contributed by atoms with Crippen LogP contribution in [0.15, 0.2) is 36.7 Å². The van der Waals surface area contributed by atoms with E-state index >= 15 is 0 Å². The van der Waals surface area contributed by atoms with Crippen molar-refractivity contribution in [2.24, 2.45) is 0 Å².